The smallest absolute Gasteiger partial charge is 0.310 e. The molecule has 0 aromatic heterocycles. The van der Waals surface area contributed by atoms with E-state index in [0.29, 0.717) is 12.1 Å². The number of nitrogens with one attached hydrogen (secondary N) is 1. The summed E-state index contributed by atoms with van der Waals surface area (Å²) < 4.78 is 22.9. The van der Waals surface area contributed by atoms with Gasteiger partial charge in [-0.05, 0) is 30.5 Å². The number of carbonyl (C=O) groups is 2. The van der Waals surface area contributed by atoms with Crippen molar-refractivity contribution in [3.63, 3.8) is 0 Å². The van der Waals surface area contributed by atoms with Gasteiger partial charge >= 0.3 is 5.97 Å². The number of hydrogen-bond acceptors (Lipinski definition) is 4. The Hall–Kier alpha value is -1.95. The molecule has 0 saturated carbocycles. The van der Waals surface area contributed by atoms with E-state index in [2.05, 4.69) is 5.32 Å². The minimum absolute atomic E-state index is 0.0132. The zero-order valence-electron chi connectivity index (χ0n) is 11.6. The Morgan fingerprint density at radius 1 is 1.33 bits per heavy atom. The standard InChI is InChI=1S/C15H18FNO4/c16-12-5-3-11(4-6-12)8-15(19)21-10-14(18)17-9-13-2-1-7-20-13/h3-6,13H,1-2,7-10H2,(H,17,18)/t13-/m0/s1. The van der Waals surface area contributed by atoms with E-state index in [1.807, 2.05) is 0 Å². The Balaban J connectivity index is 1.63. The summed E-state index contributed by atoms with van der Waals surface area (Å²) in [7, 11) is 0. The number of ether oxygens (including phenoxy) is 2. The van der Waals surface area contributed by atoms with Gasteiger partial charge in [-0.25, -0.2) is 4.39 Å². The van der Waals surface area contributed by atoms with Crippen LogP contribution in [0.25, 0.3) is 0 Å². The van der Waals surface area contributed by atoms with Crippen molar-refractivity contribution < 1.29 is 23.5 Å². The van der Waals surface area contributed by atoms with Gasteiger partial charge in [0.05, 0.1) is 12.5 Å². The lowest BCUT2D eigenvalue weighted by molar-refractivity contribution is -0.148. The van der Waals surface area contributed by atoms with Gasteiger partial charge in [0.1, 0.15) is 5.82 Å². The van der Waals surface area contributed by atoms with Crippen LogP contribution in [0.4, 0.5) is 4.39 Å². The van der Waals surface area contributed by atoms with Gasteiger partial charge in [-0.1, -0.05) is 12.1 Å². The number of halogens is 1. The van der Waals surface area contributed by atoms with Gasteiger partial charge in [0.15, 0.2) is 6.61 Å². The maximum Gasteiger partial charge on any atom is 0.310 e. The first-order valence-electron chi connectivity index (χ1n) is 6.92. The topological polar surface area (TPSA) is 64.6 Å². The quantitative estimate of drug-likeness (QED) is 0.801. The predicted octanol–water partition coefficient (Wildman–Crippen LogP) is 1.21. The molecule has 1 amide bonds. The number of hydrogen-bond donors (Lipinski definition) is 1. The van der Waals surface area contributed by atoms with E-state index in [-0.39, 0.29) is 30.9 Å². The number of esters is 1. The van der Waals surface area contributed by atoms with E-state index in [9.17, 15) is 14.0 Å². The molecule has 1 aliphatic heterocycles. The number of carbonyl (C=O) groups excluding carboxylic acids is 2. The van der Waals surface area contributed by atoms with Gasteiger partial charge in [-0.2, -0.15) is 0 Å². The maximum atomic E-state index is 12.7. The summed E-state index contributed by atoms with van der Waals surface area (Å²) in [5, 5.41) is 2.66. The van der Waals surface area contributed by atoms with E-state index < -0.39 is 5.97 Å². The lowest BCUT2D eigenvalue weighted by Crippen LogP contribution is -2.35. The van der Waals surface area contributed by atoms with Crippen molar-refractivity contribution in [3.05, 3.63) is 35.6 Å². The van der Waals surface area contributed by atoms with Crippen molar-refractivity contribution in [2.75, 3.05) is 19.8 Å². The average molecular weight is 295 g/mol. The predicted molar refractivity (Wildman–Crippen MR) is 73.0 cm³/mol. The minimum Gasteiger partial charge on any atom is -0.455 e. The molecule has 1 atom stereocenters. The molecule has 0 radical (unpaired) electrons. The average Bonchev–Trinajstić information content (AvgIpc) is 2.99. The molecule has 0 spiro atoms. The SMILES string of the molecule is O=C(COC(=O)Cc1ccc(F)cc1)NC[C@@H]1CCCO1. The molecule has 1 heterocycles. The number of benzene rings is 1. The van der Waals surface area contributed by atoms with Crippen molar-refractivity contribution >= 4 is 11.9 Å². The van der Waals surface area contributed by atoms with Crippen LogP contribution in [-0.4, -0.2) is 37.7 Å². The summed E-state index contributed by atoms with van der Waals surface area (Å²) in [5.41, 5.74) is 0.640. The van der Waals surface area contributed by atoms with Crippen molar-refractivity contribution in [1.82, 2.24) is 5.32 Å². The van der Waals surface area contributed by atoms with Crippen molar-refractivity contribution in [1.29, 1.82) is 0 Å². The molecule has 0 unspecified atom stereocenters. The van der Waals surface area contributed by atoms with Crippen molar-refractivity contribution in [2.24, 2.45) is 0 Å². The van der Waals surface area contributed by atoms with E-state index >= 15 is 0 Å². The lowest BCUT2D eigenvalue weighted by Gasteiger charge is -2.11. The molecular weight excluding hydrogens is 277 g/mol. The summed E-state index contributed by atoms with van der Waals surface area (Å²) in [6, 6.07) is 5.57. The van der Waals surface area contributed by atoms with E-state index in [1.54, 1.807) is 0 Å². The molecule has 5 nitrogen and oxygen atoms in total. The summed E-state index contributed by atoms with van der Waals surface area (Å²) >= 11 is 0. The molecule has 1 saturated heterocycles. The lowest BCUT2D eigenvalue weighted by atomic mass is 10.1. The third-order valence-electron chi connectivity index (χ3n) is 3.18. The molecule has 0 bridgehead atoms. The van der Waals surface area contributed by atoms with Gasteiger partial charge < -0.3 is 14.8 Å². The molecule has 1 fully saturated rings. The molecule has 114 valence electrons. The zero-order chi connectivity index (χ0) is 15.1. The van der Waals surface area contributed by atoms with Crippen LogP contribution >= 0.6 is 0 Å². The molecule has 1 aliphatic rings. The molecule has 2 rings (SSSR count). The first-order valence-corrected chi connectivity index (χ1v) is 6.92. The number of rotatable bonds is 6. The number of amides is 1. The van der Waals surface area contributed by atoms with Crippen LogP contribution in [0.5, 0.6) is 0 Å². The third-order valence-corrected chi connectivity index (χ3v) is 3.18. The Kier molecular flexibility index (Phi) is 5.68. The molecule has 1 N–H and O–H groups in total. The van der Waals surface area contributed by atoms with Crippen LogP contribution in [0.3, 0.4) is 0 Å². The molecule has 1 aromatic rings. The van der Waals surface area contributed by atoms with E-state index in [1.165, 1.54) is 24.3 Å². The Bertz CT molecular complexity index is 483. The Morgan fingerprint density at radius 3 is 2.76 bits per heavy atom. The van der Waals surface area contributed by atoms with Crippen LogP contribution in [0.2, 0.25) is 0 Å². The highest BCUT2D eigenvalue weighted by Crippen LogP contribution is 2.10. The summed E-state index contributed by atoms with van der Waals surface area (Å²) in [6.07, 6.45) is 2.01. The molecule has 21 heavy (non-hydrogen) atoms. The fraction of sp³-hybridized carbons (Fsp3) is 0.467. The monoisotopic (exact) mass is 295 g/mol. The van der Waals surface area contributed by atoms with Gasteiger partial charge in [-0.3, -0.25) is 9.59 Å². The van der Waals surface area contributed by atoms with E-state index in [4.69, 9.17) is 9.47 Å². The van der Waals surface area contributed by atoms with Gasteiger partial charge in [0.2, 0.25) is 0 Å². The second kappa shape index (κ2) is 7.73. The second-order valence-electron chi connectivity index (χ2n) is 4.90. The third kappa shape index (κ3) is 5.51. The Morgan fingerprint density at radius 2 is 2.10 bits per heavy atom. The van der Waals surface area contributed by atoms with Gasteiger partial charge in [-0.15, -0.1) is 0 Å². The first-order chi connectivity index (χ1) is 10.1. The molecule has 1 aromatic carbocycles. The molecule has 0 aliphatic carbocycles. The normalized spacial score (nSPS) is 17.5. The highest BCUT2D eigenvalue weighted by Gasteiger charge is 2.16. The van der Waals surface area contributed by atoms with Crippen molar-refractivity contribution in [2.45, 2.75) is 25.4 Å². The maximum absolute atomic E-state index is 12.7. The van der Waals surface area contributed by atoms with Crippen LogP contribution < -0.4 is 5.32 Å². The summed E-state index contributed by atoms with van der Waals surface area (Å²) in [6.45, 7) is 0.855. The van der Waals surface area contributed by atoms with Crippen LogP contribution in [0, 0.1) is 5.82 Å². The summed E-state index contributed by atoms with van der Waals surface area (Å²) in [5.74, 6) is -1.23. The fourth-order valence-electron chi connectivity index (χ4n) is 2.05. The van der Waals surface area contributed by atoms with E-state index in [0.717, 1.165) is 19.4 Å². The van der Waals surface area contributed by atoms with Gasteiger partial charge in [0, 0.05) is 13.2 Å². The van der Waals surface area contributed by atoms with Crippen LogP contribution in [-0.2, 0) is 25.5 Å². The molecule has 6 heteroatoms. The zero-order valence-corrected chi connectivity index (χ0v) is 11.6. The van der Waals surface area contributed by atoms with Crippen molar-refractivity contribution in [3.8, 4) is 0 Å². The summed E-state index contributed by atoms with van der Waals surface area (Å²) in [4.78, 5) is 23.0. The Labute approximate surface area is 122 Å². The highest BCUT2D eigenvalue weighted by molar-refractivity contribution is 5.81. The van der Waals surface area contributed by atoms with Gasteiger partial charge in [0.25, 0.3) is 5.91 Å². The highest BCUT2D eigenvalue weighted by atomic mass is 19.1. The largest absolute Gasteiger partial charge is 0.455 e. The van der Waals surface area contributed by atoms with Crippen LogP contribution in [0.1, 0.15) is 18.4 Å². The first kappa shape index (κ1) is 15.4. The van der Waals surface area contributed by atoms with Crippen LogP contribution in [0.15, 0.2) is 24.3 Å². The second-order valence-corrected chi connectivity index (χ2v) is 4.90. The molecular formula is C15H18FNO4. The fourth-order valence-corrected chi connectivity index (χ4v) is 2.05. The minimum atomic E-state index is -0.520.